The van der Waals surface area contributed by atoms with Crippen LogP contribution in [0.3, 0.4) is 0 Å². The van der Waals surface area contributed by atoms with Crippen LogP contribution >= 0.6 is 0 Å². The molecule has 7 heteroatoms. The van der Waals surface area contributed by atoms with Crippen molar-refractivity contribution in [2.45, 2.75) is 52.0 Å². The summed E-state index contributed by atoms with van der Waals surface area (Å²) in [5.41, 5.74) is 2.67. The van der Waals surface area contributed by atoms with Crippen LogP contribution in [0, 0.1) is 26.2 Å². The minimum atomic E-state index is -3.68. The van der Waals surface area contributed by atoms with E-state index in [0.29, 0.717) is 30.8 Å². The lowest BCUT2D eigenvalue weighted by Gasteiger charge is -2.39. The Kier molecular flexibility index (Phi) is 6.76. The number of hydrogen-bond donors (Lipinski definition) is 1. The minimum Gasteiger partial charge on any atom is -0.497 e. The average molecular weight is 445 g/mol. The number of hydrogen-bond acceptors (Lipinski definition) is 4. The van der Waals surface area contributed by atoms with Gasteiger partial charge in [0.25, 0.3) is 0 Å². The molecule has 1 aliphatic heterocycles. The molecule has 1 aliphatic rings. The number of carbonyl (C=O) groups excluding carboxylic acids is 1. The Labute approximate surface area is 185 Å². The van der Waals surface area contributed by atoms with Gasteiger partial charge in [0.15, 0.2) is 0 Å². The minimum absolute atomic E-state index is 0.132. The topological polar surface area (TPSA) is 75.7 Å². The zero-order valence-corrected chi connectivity index (χ0v) is 19.8. The maximum absolute atomic E-state index is 13.5. The zero-order valence-electron chi connectivity index (χ0n) is 19.0. The molecule has 6 nitrogen and oxygen atoms in total. The number of rotatable bonds is 6. The monoisotopic (exact) mass is 444 g/mol. The predicted octanol–water partition coefficient (Wildman–Crippen LogP) is 3.73. The predicted molar refractivity (Wildman–Crippen MR) is 122 cm³/mol. The van der Waals surface area contributed by atoms with Gasteiger partial charge in [-0.1, -0.05) is 29.8 Å². The summed E-state index contributed by atoms with van der Waals surface area (Å²) >= 11 is 0. The van der Waals surface area contributed by atoms with Crippen LogP contribution in [-0.4, -0.2) is 38.8 Å². The van der Waals surface area contributed by atoms with E-state index in [1.807, 2.05) is 64.1 Å². The van der Waals surface area contributed by atoms with Gasteiger partial charge in [-0.2, -0.15) is 4.31 Å². The summed E-state index contributed by atoms with van der Waals surface area (Å²) in [5, 5.41) is 2.99. The maximum atomic E-state index is 13.5. The Balaban J connectivity index is 1.77. The van der Waals surface area contributed by atoms with Crippen molar-refractivity contribution in [2.75, 3.05) is 20.2 Å². The van der Waals surface area contributed by atoms with Gasteiger partial charge in [0.2, 0.25) is 15.9 Å². The third-order valence-corrected chi connectivity index (χ3v) is 8.15. The number of benzene rings is 2. The molecule has 3 rings (SSSR count). The number of sulfonamides is 1. The average Bonchev–Trinajstić information content (AvgIpc) is 2.71. The second-order valence-corrected chi connectivity index (χ2v) is 10.6. The molecular weight excluding hydrogens is 412 g/mol. The molecule has 0 bridgehead atoms. The van der Waals surface area contributed by atoms with E-state index in [1.54, 1.807) is 7.11 Å². The maximum Gasteiger partial charge on any atom is 0.243 e. The molecule has 0 saturated carbocycles. The summed E-state index contributed by atoms with van der Waals surface area (Å²) in [4.78, 5) is 13.4. The van der Waals surface area contributed by atoms with Gasteiger partial charge in [-0.25, -0.2) is 8.42 Å². The third-order valence-electron chi connectivity index (χ3n) is 6.00. The van der Waals surface area contributed by atoms with E-state index in [0.717, 1.165) is 28.0 Å². The van der Waals surface area contributed by atoms with Crippen molar-refractivity contribution in [1.29, 1.82) is 0 Å². The number of nitrogens with one attached hydrogen (secondary N) is 1. The normalized spacial score (nSPS) is 19.8. The molecule has 0 aliphatic carbocycles. The standard InChI is InChI=1S/C24H32N2O4S/c1-17-12-18(2)22(19(3)13-17)31(28,29)26-11-7-10-24(4,16-26)23(27)25-15-20-8-6-9-21(14-20)30-5/h6,8-9,12-14H,7,10-11,15-16H2,1-5H3,(H,25,27). The summed E-state index contributed by atoms with van der Waals surface area (Å²) in [5.74, 6) is 0.601. The molecule has 1 amide bonds. The molecule has 0 aromatic heterocycles. The number of aryl methyl sites for hydroxylation is 3. The van der Waals surface area contributed by atoms with Crippen LogP contribution in [0.5, 0.6) is 5.75 Å². The van der Waals surface area contributed by atoms with Crippen LogP contribution in [-0.2, 0) is 21.4 Å². The molecule has 1 unspecified atom stereocenters. The first-order chi connectivity index (χ1) is 14.6. The second kappa shape index (κ2) is 9.01. The van der Waals surface area contributed by atoms with Crippen LogP contribution < -0.4 is 10.1 Å². The van der Waals surface area contributed by atoms with Crippen molar-refractivity contribution in [3.63, 3.8) is 0 Å². The number of ether oxygens (including phenoxy) is 1. The molecule has 2 aromatic rings. The van der Waals surface area contributed by atoms with Gasteiger partial charge in [-0.05, 0) is 69.4 Å². The molecule has 1 heterocycles. The summed E-state index contributed by atoms with van der Waals surface area (Å²) in [6.07, 6.45) is 1.29. The highest BCUT2D eigenvalue weighted by atomic mass is 32.2. The molecule has 1 fully saturated rings. The number of nitrogens with zero attached hydrogens (tertiary/aromatic N) is 1. The fourth-order valence-electron chi connectivity index (χ4n) is 4.46. The third kappa shape index (κ3) is 4.93. The second-order valence-electron chi connectivity index (χ2n) is 8.76. The fourth-order valence-corrected chi connectivity index (χ4v) is 6.48. The number of methoxy groups -OCH3 is 1. The Bertz CT molecular complexity index is 1060. The van der Waals surface area contributed by atoms with E-state index in [9.17, 15) is 13.2 Å². The van der Waals surface area contributed by atoms with Crippen molar-refractivity contribution in [3.8, 4) is 5.75 Å². The first-order valence-electron chi connectivity index (χ1n) is 10.6. The SMILES string of the molecule is COc1cccc(CNC(=O)C2(C)CCCN(S(=O)(=O)c3c(C)cc(C)cc3C)C2)c1. The summed E-state index contributed by atoms with van der Waals surface area (Å²) in [6, 6.07) is 11.3. The number of carbonyl (C=O) groups is 1. The van der Waals surface area contributed by atoms with E-state index in [1.165, 1.54) is 4.31 Å². The number of piperidine rings is 1. The lowest BCUT2D eigenvalue weighted by Crippen LogP contribution is -2.51. The molecule has 1 N–H and O–H groups in total. The smallest absolute Gasteiger partial charge is 0.243 e. The van der Waals surface area contributed by atoms with Gasteiger partial charge < -0.3 is 10.1 Å². The van der Waals surface area contributed by atoms with Gasteiger partial charge >= 0.3 is 0 Å². The van der Waals surface area contributed by atoms with Gasteiger partial charge in [0.1, 0.15) is 5.75 Å². The van der Waals surface area contributed by atoms with Crippen molar-refractivity contribution < 1.29 is 17.9 Å². The Morgan fingerprint density at radius 1 is 1.16 bits per heavy atom. The molecule has 0 spiro atoms. The molecule has 31 heavy (non-hydrogen) atoms. The molecular formula is C24H32N2O4S. The van der Waals surface area contributed by atoms with E-state index >= 15 is 0 Å². The first-order valence-corrected chi connectivity index (χ1v) is 12.0. The van der Waals surface area contributed by atoms with Crippen LogP contribution in [0.4, 0.5) is 0 Å². The highest BCUT2D eigenvalue weighted by Gasteiger charge is 2.42. The van der Waals surface area contributed by atoms with Crippen LogP contribution in [0.15, 0.2) is 41.3 Å². The van der Waals surface area contributed by atoms with Crippen LogP contribution in [0.2, 0.25) is 0 Å². The summed E-state index contributed by atoms with van der Waals surface area (Å²) in [6.45, 7) is 8.44. The molecule has 0 radical (unpaired) electrons. The van der Waals surface area contributed by atoms with Crippen molar-refractivity contribution in [1.82, 2.24) is 9.62 Å². The summed E-state index contributed by atoms with van der Waals surface area (Å²) in [7, 11) is -2.08. The van der Waals surface area contributed by atoms with E-state index in [-0.39, 0.29) is 12.5 Å². The van der Waals surface area contributed by atoms with E-state index in [2.05, 4.69) is 5.32 Å². The lowest BCUT2D eigenvalue weighted by atomic mass is 9.82. The van der Waals surface area contributed by atoms with Crippen molar-refractivity contribution >= 4 is 15.9 Å². The quantitative estimate of drug-likeness (QED) is 0.737. The first kappa shape index (κ1) is 23.3. The molecule has 2 aromatic carbocycles. The molecule has 1 atom stereocenters. The van der Waals surface area contributed by atoms with Crippen molar-refractivity contribution in [2.24, 2.45) is 5.41 Å². The summed E-state index contributed by atoms with van der Waals surface area (Å²) < 4.78 is 33.7. The van der Waals surface area contributed by atoms with Crippen molar-refractivity contribution in [3.05, 3.63) is 58.7 Å². The Morgan fingerprint density at radius 3 is 2.48 bits per heavy atom. The Hall–Kier alpha value is -2.38. The van der Waals surface area contributed by atoms with E-state index in [4.69, 9.17) is 4.74 Å². The highest BCUT2D eigenvalue weighted by Crippen LogP contribution is 2.34. The van der Waals surface area contributed by atoms with Gasteiger partial charge in [0, 0.05) is 19.6 Å². The van der Waals surface area contributed by atoms with Crippen LogP contribution in [0.25, 0.3) is 0 Å². The number of amides is 1. The van der Waals surface area contributed by atoms with Crippen LogP contribution in [0.1, 0.15) is 42.0 Å². The lowest BCUT2D eigenvalue weighted by molar-refractivity contribution is -0.132. The van der Waals surface area contributed by atoms with E-state index < -0.39 is 15.4 Å². The highest BCUT2D eigenvalue weighted by molar-refractivity contribution is 7.89. The fraction of sp³-hybridized carbons (Fsp3) is 0.458. The molecule has 1 saturated heterocycles. The molecule has 168 valence electrons. The largest absolute Gasteiger partial charge is 0.497 e. The van der Waals surface area contributed by atoms with Gasteiger partial charge in [-0.15, -0.1) is 0 Å². The zero-order chi connectivity index (χ0) is 22.8. The van der Waals surface area contributed by atoms with Gasteiger partial charge in [-0.3, -0.25) is 4.79 Å². The Morgan fingerprint density at radius 2 is 1.84 bits per heavy atom. The van der Waals surface area contributed by atoms with Gasteiger partial charge in [0.05, 0.1) is 17.4 Å².